The van der Waals surface area contributed by atoms with Crippen molar-refractivity contribution >= 4 is 9.84 Å². The molecule has 3 aliphatic rings. The van der Waals surface area contributed by atoms with Gasteiger partial charge in [-0.2, -0.15) is 0 Å². The minimum absolute atomic E-state index is 0.0168. The van der Waals surface area contributed by atoms with Crippen molar-refractivity contribution in [1.82, 2.24) is 4.90 Å². The molecule has 3 fully saturated rings. The van der Waals surface area contributed by atoms with Gasteiger partial charge in [0, 0.05) is 0 Å². The third kappa shape index (κ3) is 1.30. The Balaban J connectivity index is 1.89. The van der Waals surface area contributed by atoms with Gasteiger partial charge in [0.05, 0.1) is 16.5 Å². The average molecular weight is 229 g/mol. The number of nitrogens with zero attached hydrogens (tertiary/aromatic N) is 1. The number of fused-ring (bicyclic) bond motifs is 1. The Kier molecular flexibility index (Phi) is 2.15. The molecule has 4 heteroatoms. The highest BCUT2D eigenvalue weighted by molar-refractivity contribution is 7.93. The van der Waals surface area contributed by atoms with Crippen LogP contribution in [0.3, 0.4) is 0 Å². The van der Waals surface area contributed by atoms with Gasteiger partial charge in [0.25, 0.3) is 0 Å². The Morgan fingerprint density at radius 1 is 1.07 bits per heavy atom. The van der Waals surface area contributed by atoms with E-state index < -0.39 is 9.84 Å². The zero-order valence-corrected chi connectivity index (χ0v) is 9.93. The summed E-state index contributed by atoms with van der Waals surface area (Å²) in [6, 6.07) is 0. The van der Waals surface area contributed by atoms with Crippen molar-refractivity contribution in [2.75, 3.05) is 18.8 Å². The molecule has 1 aliphatic carbocycles. The molecule has 0 amide bonds. The summed E-state index contributed by atoms with van der Waals surface area (Å²) in [6.45, 7) is 2.26. The predicted octanol–water partition coefficient (Wildman–Crippen LogP) is 1.19. The van der Waals surface area contributed by atoms with Gasteiger partial charge in [0.15, 0.2) is 9.84 Å². The van der Waals surface area contributed by atoms with Gasteiger partial charge in [-0.15, -0.1) is 0 Å². The number of hydrogen-bond acceptors (Lipinski definition) is 3. The van der Waals surface area contributed by atoms with Crippen molar-refractivity contribution in [3.63, 3.8) is 0 Å². The summed E-state index contributed by atoms with van der Waals surface area (Å²) in [4.78, 5) is 2.48. The first-order chi connectivity index (χ1) is 7.15. The van der Waals surface area contributed by atoms with E-state index >= 15 is 0 Å². The molecule has 2 saturated heterocycles. The molecule has 0 radical (unpaired) electrons. The van der Waals surface area contributed by atoms with Crippen LogP contribution in [0.4, 0.5) is 0 Å². The van der Waals surface area contributed by atoms with E-state index in [-0.39, 0.29) is 10.8 Å². The van der Waals surface area contributed by atoms with Crippen molar-refractivity contribution in [2.24, 2.45) is 0 Å². The van der Waals surface area contributed by atoms with Crippen LogP contribution in [0.2, 0.25) is 0 Å². The lowest BCUT2D eigenvalue weighted by atomic mass is 9.80. The second-order valence-corrected chi connectivity index (χ2v) is 7.52. The predicted molar refractivity (Wildman–Crippen MR) is 59.6 cm³/mol. The van der Waals surface area contributed by atoms with Crippen LogP contribution in [0.25, 0.3) is 0 Å². The van der Waals surface area contributed by atoms with Crippen molar-refractivity contribution in [3.8, 4) is 0 Å². The normalized spacial score (nSPS) is 44.7. The van der Waals surface area contributed by atoms with Gasteiger partial charge in [-0.1, -0.05) is 12.8 Å². The second-order valence-electron chi connectivity index (χ2n) is 5.34. The van der Waals surface area contributed by atoms with Gasteiger partial charge in [0.1, 0.15) is 0 Å². The van der Waals surface area contributed by atoms with Crippen molar-refractivity contribution < 1.29 is 8.42 Å². The van der Waals surface area contributed by atoms with Crippen LogP contribution in [0, 0.1) is 0 Å². The lowest BCUT2D eigenvalue weighted by Gasteiger charge is -2.56. The molecule has 0 spiro atoms. The first-order valence-corrected chi connectivity index (χ1v) is 7.83. The summed E-state index contributed by atoms with van der Waals surface area (Å²) in [5.41, 5.74) is 0.0770. The van der Waals surface area contributed by atoms with Crippen molar-refractivity contribution in [3.05, 3.63) is 0 Å². The quantitative estimate of drug-likeness (QED) is 0.678. The molecular formula is C11H19NO2S. The van der Waals surface area contributed by atoms with Gasteiger partial charge in [-0.3, -0.25) is 4.90 Å². The van der Waals surface area contributed by atoms with E-state index in [2.05, 4.69) is 4.90 Å². The first kappa shape index (κ1) is 10.1. The Hall–Kier alpha value is -0.0900. The van der Waals surface area contributed by atoms with Gasteiger partial charge >= 0.3 is 0 Å². The zero-order chi connectivity index (χ0) is 10.5. The number of likely N-dealkylation sites (tertiary alicyclic amines) is 1. The molecule has 2 aliphatic heterocycles. The molecule has 3 nitrogen and oxygen atoms in total. The fourth-order valence-electron chi connectivity index (χ4n) is 3.83. The monoisotopic (exact) mass is 229 g/mol. The van der Waals surface area contributed by atoms with Gasteiger partial charge < -0.3 is 0 Å². The van der Waals surface area contributed by atoms with E-state index in [1.807, 2.05) is 0 Å². The summed E-state index contributed by atoms with van der Waals surface area (Å²) in [5.74, 6) is 0.449. The minimum Gasteiger partial charge on any atom is -0.295 e. The number of sulfone groups is 1. The molecule has 86 valence electrons. The minimum atomic E-state index is -2.72. The molecule has 2 atom stereocenters. The van der Waals surface area contributed by atoms with Crippen LogP contribution in [-0.2, 0) is 9.84 Å². The molecule has 0 N–H and O–H groups in total. The van der Waals surface area contributed by atoms with Gasteiger partial charge in [-0.05, 0) is 38.8 Å². The molecule has 0 aromatic rings. The maximum Gasteiger partial charge on any atom is 0.156 e. The zero-order valence-electron chi connectivity index (χ0n) is 9.11. The Bertz CT molecular complexity index is 359. The number of hydrogen-bond donors (Lipinski definition) is 0. The summed E-state index contributed by atoms with van der Waals surface area (Å²) in [7, 11) is -2.72. The van der Waals surface area contributed by atoms with Crippen LogP contribution in [0.15, 0.2) is 0 Å². The first-order valence-electron chi connectivity index (χ1n) is 6.12. The lowest BCUT2D eigenvalue weighted by molar-refractivity contribution is 0.0783. The maximum atomic E-state index is 11.8. The van der Waals surface area contributed by atoms with E-state index in [9.17, 15) is 8.42 Å². The van der Waals surface area contributed by atoms with E-state index in [1.165, 1.54) is 19.3 Å². The SMILES string of the molecule is O=S1(=O)CC2(N3CCCC3)CCCCC21. The molecule has 1 saturated carbocycles. The average Bonchev–Trinajstić information content (AvgIpc) is 2.69. The summed E-state index contributed by atoms with van der Waals surface area (Å²) < 4.78 is 23.6. The van der Waals surface area contributed by atoms with Crippen LogP contribution in [0.5, 0.6) is 0 Å². The largest absolute Gasteiger partial charge is 0.295 e. The van der Waals surface area contributed by atoms with Crippen LogP contribution in [-0.4, -0.2) is 42.9 Å². The van der Waals surface area contributed by atoms with E-state index in [0.29, 0.717) is 5.75 Å². The van der Waals surface area contributed by atoms with Crippen molar-refractivity contribution in [2.45, 2.75) is 49.3 Å². The summed E-state index contributed by atoms with van der Waals surface area (Å²) in [6.07, 6.45) is 6.89. The summed E-state index contributed by atoms with van der Waals surface area (Å²) >= 11 is 0. The fourth-order valence-corrected chi connectivity index (χ4v) is 6.51. The molecule has 0 aromatic heterocycles. The number of rotatable bonds is 1. The highest BCUT2D eigenvalue weighted by Gasteiger charge is 2.61. The van der Waals surface area contributed by atoms with Gasteiger partial charge in [-0.25, -0.2) is 8.42 Å². The highest BCUT2D eigenvalue weighted by Crippen LogP contribution is 2.48. The Labute approximate surface area is 91.8 Å². The molecule has 2 unspecified atom stereocenters. The molecule has 0 bridgehead atoms. The third-order valence-corrected chi connectivity index (χ3v) is 6.99. The van der Waals surface area contributed by atoms with E-state index in [1.54, 1.807) is 0 Å². The summed E-state index contributed by atoms with van der Waals surface area (Å²) in [5, 5.41) is -0.0168. The smallest absolute Gasteiger partial charge is 0.156 e. The standard InChI is InChI=1S/C11H19NO2S/c13-15(14)9-11(12-7-3-4-8-12)6-2-1-5-10(11)15/h10H,1-9H2. The Morgan fingerprint density at radius 3 is 2.47 bits per heavy atom. The van der Waals surface area contributed by atoms with Crippen LogP contribution < -0.4 is 0 Å². The van der Waals surface area contributed by atoms with E-state index in [0.717, 1.165) is 32.4 Å². The fraction of sp³-hybridized carbons (Fsp3) is 1.00. The van der Waals surface area contributed by atoms with E-state index in [4.69, 9.17) is 0 Å². The third-order valence-electron chi connectivity index (χ3n) is 4.55. The van der Waals surface area contributed by atoms with Crippen LogP contribution in [0.1, 0.15) is 38.5 Å². The van der Waals surface area contributed by atoms with Crippen molar-refractivity contribution in [1.29, 1.82) is 0 Å². The molecule has 0 aromatic carbocycles. The topological polar surface area (TPSA) is 37.4 Å². The van der Waals surface area contributed by atoms with Gasteiger partial charge in [0.2, 0.25) is 0 Å². The maximum absolute atomic E-state index is 11.8. The molecule has 3 rings (SSSR count). The Morgan fingerprint density at radius 2 is 1.80 bits per heavy atom. The molecular weight excluding hydrogens is 210 g/mol. The molecule has 15 heavy (non-hydrogen) atoms. The second kappa shape index (κ2) is 3.20. The van der Waals surface area contributed by atoms with Crippen LogP contribution >= 0.6 is 0 Å². The highest BCUT2D eigenvalue weighted by atomic mass is 32.2. The molecule has 2 heterocycles. The lowest BCUT2D eigenvalue weighted by Crippen LogP contribution is -2.72.